The lowest BCUT2D eigenvalue weighted by molar-refractivity contribution is -0.141. The number of esters is 1. The number of hydrogen-bond acceptors (Lipinski definition) is 5. The maximum Gasteiger partial charge on any atom is 0.321 e. The van der Waals surface area contributed by atoms with Gasteiger partial charge in [-0.1, -0.05) is 11.6 Å². The average Bonchev–Trinajstić information content (AvgIpc) is 2.30. The van der Waals surface area contributed by atoms with Crippen LogP contribution in [0.1, 0.15) is 6.92 Å². The lowest BCUT2D eigenvalue weighted by Gasteiger charge is -2.06. The van der Waals surface area contributed by atoms with Crippen LogP contribution in [0, 0.1) is 0 Å². The molecule has 0 aliphatic heterocycles. The Morgan fingerprint density at radius 1 is 1.56 bits per heavy atom. The van der Waals surface area contributed by atoms with Crippen molar-refractivity contribution < 1.29 is 17.9 Å². The number of H-pyrrole nitrogens is 1. The summed E-state index contributed by atoms with van der Waals surface area (Å²) in [6.45, 7) is 1.27. The number of pyridine rings is 1. The summed E-state index contributed by atoms with van der Waals surface area (Å²) in [7, 11) is -3.92. The second-order valence-corrected chi connectivity index (χ2v) is 5.32. The Morgan fingerprint density at radius 3 is 2.78 bits per heavy atom. The van der Waals surface area contributed by atoms with Crippen molar-refractivity contribution in [1.29, 1.82) is 0 Å². The maximum atomic E-state index is 11.7. The third-order valence-corrected chi connectivity index (χ3v) is 3.52. The van der Waals surface area contributed by atoms with Crippen LogP contribution in [0.5, 0.6) is 0 Å². The van der Waals surface area contributed by atoms with Crippen molar-refractivity contribution in [2.24, 2.45) is 0 Å². The lowest BCUT2D eigenvalue weighted by Crippen LogP contribution is -2.31. The first-order chi connectivity index (χ1) is 8.36. The van der Waals surface area contributed by atoms with Crippen LogP contribution in [0.3, 0.4) is 0 Å². The maximum absolute atomic E-state index is 11.7. The molecule has 0 saturated heterocycles. The molecule has 0 unspecified atom stereocenters. The predicted molar refractivity (Wildman–Crippen MR) is 63.9 cm³/mol. The number of rotatable bonds is 5. The summed E-state index contributed by atoms with van der Waals surface area (Å²) in [5, 5.41) is -0.256. The molecule has 9 heteroatoms. The molecule has 7 nitrogen and oxygen atoms in total. The van der Waals surface area contributed by atoms with Crippen molar-refractivity contribution in [2.75, 3.05) is 13.2 Å². The quantitative estimate of drug-likeness (QED) is 0.736. The Bertz CT molecular complexity index is 595. The van der Waals surface area contributed by atoms with Gasteiger partial charge < -0.3 is 9.72 Å². The largest absolute Gasteiger partial charge is 0.465 e. The van der Waals surface area contributed by atoms with Gasteiger partial charge in [-0.05, 0) is 13.0 Å². The fraction of sp³-hybridized carbons (Fsp3) is 0.333. The van der Waals surface area contributed by atoms with Crippen LogP contribution in [-0.2, 0) is 19.6 Å². The first-order valence-corrected chi connectivity index (χ1v) is 6.76. The summed E-state index contributed by atoms with van der Waals surface area (Å²) in [4.78, 5) is 23.9. The first kappa shape index (κ1) is 14.7. The van der Waals surface area contributed by atoms with Crippen LogP contribution in [0.15, 0.2) is 22.0 Å². The highest BCUT2D eigenvalue weighted by molar-refractivity contribution is 7.89. The zero-order valence-electron chi connectivity index (χ0n) is 9.40. The molecule has 100 valence electrons. The van der Waals surface area contributed by atoms with Gasteiger partial charge in [-0.15, -0.1) is 0 Å². The highest BCUT2D eigenvalue weighted by Gasteiger charge is 2.17. The minimum Gasteiger partial charge on any atom is -0.465 e. The molecule has 18 heavy (non-hydrogen) atoms. The molecule has 0 spiro atoms. The summed E-state index contributed by atoms with van der Waals surface area (Å²) < 4.78 is 30.0. The Kier molecular flexibility index (Phi) is 4.88. The van der Waals surface area contributed by atoms with E-state index in [2.05, 4.69) is 9.72 Å². The van der Waals surface area contributed by atoms with E-state index in [1.54, 1.807) is 6.92 Å². The Balaban J connectivity index is 2.83. The molecule has 1 aromatic heterocycles. The number of ether oxygens (including phenoxy) is 1. The van der Waals surface area contributed by atoms with E-state index in [0.717, 1.165) is 12.3 Å². The summed E-state index contributed by atoms with van der Waals surface area (Å²) in [5.74, 6) is -0.698. The summed E-state index contributed by atoms with van der Waals surface area (Å²) in [5.41, 5.74) is -0.596. The van der Waals surface area contributed by atoms with E-state index in [-0.39, 0.29) is 16.5 Å². The van der Waals surface area contributed by atoms with Gasteiger partial charge in [0.15, 0.2) is 0 Å². The van der Waals surface area contributed by atoms with Crippen molar-refractivity contribution in [3.63, 3.8) is 0 Å². The predicted octanol–water partition coefficient (Wildman–Crippen LogP) is -0.130. The molecule has 1 heterocycles. The SMILES string of the molecule is CCOC(=O)CNS(=O)(=O)c1c[nH]c(=O)c(Cl)c1. The topological polar surface area (TPSA) is 105 Å². The molecule has 0 fully saturated rings. The molecule has 0 radical (unpaired) electrons. The van der Waals surface area contributed by atoms with Crippen LogP contribution in [0.2, 0.25) is 5.02 Å². The number of aromatic amines is 1. The molecule has 2 N–H and O–H groups in total. The molecule has 1 aromatic rings. The molecule has 0 bridgehead atoms. The number of aromatic nitrogens is 1. The minimum absolute atomic E-state index is 0.158. The third-order valence-electron chi connectivity index (χ3n) is 1.85. The van der Waals surface area contributed by atoms with Gasteiger partial charge >= 0.3 is 5.97 Å². The van der Waals surface area contributed by atoms with Crippen molar-refractivity contribution in [1.82, 2.24) is 9.71 Å². The fourth-order valence-electron chi connectivity index (χ4n) is 1.04. The third kappa shape index (κ3) is 3.83. The van der Waals surface area contributed by atoms with Gasteiger partial charge in [0, 0.05) is 6.20 Å². The van der Waals surface area contributed by atoms with E-state index in [0.29, 0.717) is 0 Å². The molecule has 0 aliphatic rings. The second-order valence-electron chi connectivity index (χ2n) is 3.14. The van der Waals surface area contributed by atoms with E-state index < -0.39 is 28.1 Å². The minimum atomic E-state index is -3.92. The van der Waals surface area contributed by atoms with Crippen LogP contribution in [-0.4, -0.2) is 32.5 Å². The highest BCUT2D eigenvalue weighted by atomic mass is 35.5. The molecule has 0 atom stereocenters. The van der Waals surface area contributed by atoms with E-state index in [4.69, 9.17) is 11.6 Å². The van der Waals surface area contributed by atoms with Gasteiger partial charge in [0.2, 0.25) is 10.0 Å². The number of carbonyl (C=O) groups is 1. The van der Waals surface area contributed by atoms with E-state index in [1.165, 1.54) is 0 Å². The van der Waals surface area contributed by atoms with Gasteiger partial charge in [0.05, 0.1) is 11.5 Å². The molecular formula is C9H11ClN2O5S. The highest BCUT2D eigenvalue weighted by Crippen LogP contribution is 2.09. The number of nitrogens with one attached hydrogen (secondary N) is 2. The number of sulfonamides is 1. The lowest BCUT2D eigenvalue weighted by atomic mass is 10.5. The summed E-state index contributed by atoms with van der Waals surface area (Å²) in [6, 6.07) is 0.994. The molecule has 1 rings (SSSR count). The molecular weight excluding hydrogens is 284 g/mol. The molecule has 0 aromatic carbocycles. The summed E-state index contributed by atoms with van der Waals surface area (Å²) >= 11 is 5.50. The monoisotopic (exact) mass is 294 g/mol. The van der Waals surface area contributed by atoms with Crippen LogP contribution in [0.25, 0.3) is 0 Å². The van der Waals surface area contributed by atoms with Crippen molar-refractivity contribution in [3.05, 3.63) is 27.6 Å². The average molecular weight is 295 g/mol. The molecule has 0 saturated carbocycles. The normalized spacial score (nSPS) is 11.2. The molecule has 0 aliphatic carbocycles. The van der Waals surface area contributed by atoms with Gasteiger partial charge in [0.1, 0.15) is 11.6 Å². The Morgan fingerprint density at radius 2 is 2.22 bits per heavy atom. The number of carbonyl (C=O) groups excluding carboxylic acids is 1. The fourth-order valence-corrected chi connectivity index (χ4v) is 2.24. The number of halogens is 1. The summed E-state index contributed by atoms with van der Waals surface area (Å²) in [6.07, 6.45) is 0.988. The Labute approximate surface area is 108 Å². The van der Waals surface area contributed by atoms with Crippen molar-refractivity contribution in [2.45, 2.75) is 11.8 Å². The second kappa shape index (κ2) is 5.98. The van der Waals surface area contributed by atoms with E-state index >= 15 is 0 Å². The van der Waals surface area contributed by atoms with Crippen LogP contribution in [0.4, 0.5) is 0 Å². The standard InChI is InChI=1S/C9H11ClN2O5S/c1-2-17-8(13)5-12-18(15,16)6-3-7(10)9(14)11-4-6/h3-4,12H,2,5H2,1H3,(H,11,14). The van der Waals surface area contributed by atoms with Gasteiger partial charge in [-0.2, -0.15) is 4.72 Å². The van der Waals surface area contributed by atoms with Gasteiger partial charge in [-0.3, -0.25) is 9.59 Å². The first-order valence-electron chi connectivity index (χ1n) is 4.90. The van der Waals surface area contributed by atoms with E-state index in [1.807, 2.05) is 4.72 Å². The van der Waals surface area contributed by atoms with Crippen LogP contribution >= 0.6 is 11.6 Å². The van der Waals surface area contributed by atoms with Crippen LogP contribution < -0.4 is 10.3 Å². The zero-order chi connectivity index (χ0) is 13.8. The van der Waals surface area contributed by atoms with Crippen molar-refractivity contribution in [3.8, 4) is 0 Å². The number of hydrogen-bond donors (Lipinski definition) is 2. The van der Waals surface area contributed by atoms with Gasteiger partial charge in [0.25, 0.3) is 5.56 Å². The Hall–Kier alpha value is -1.38. The smallest absolute Gasteiger partial charge is 0.321 e. The van der Waals surface area contributed by atoms with Crippen molar-refractivity contribution >= 4 is 27.6 Å². The van der Waals surface area contributed by atoms with E-state index in [9.17, 15) is 18.0 Å². The molecule has 0 amide bonds. The zero-order valence-corrected chi connectivity index (χ0v) is 11.0. The van der Waals surface area contributed by atoms with Gasteiger partial charge in [-0.25, -0.2) is 8.42 Å².